The van der Waals surface area contributed by atoms with Gasteiger partial charge in [-0.25, -0.2) is 9.67 Å². The van der Waals surface area contributed by atoms with Gasteiger partial charge < -0.3 is 10.6 Å². The fourth-order valence-corrected chi connectivity index (χ4v) is 3.35. The van der Waals surface area contributed by atoms with Gasteiger partial charge in [0.1, 0.15) is 0 Å². The van der Waals surface area contributed by atoms with E-state index in [0.717, 1.165) is 29.9 Å². The molecule has 1 saturated heterocycles. The van der Waals surface area contributed by atoms with Crippen molar-refractivity contribution in [1.29, 1.82) is 0 Å². The Morgan fingerprint density at radius 2 is 2.19 bits per heavy atom. The third-order valence-corrected chi connectivity index (χ3v) is 4.86. The second-order valence-electron chi connectivity index (χ2n) is 6.75. The molecule has 1 unspecified atom stereocenters. The molecule has 1 aliphatic carbocycles. The molecule has 1 aliphatic heterocycles. The van der Waals surface area contributed by atoms with E-state index in [1.165, 1.54) is 25.8 Å². The summed E-state index contributed by atoms with van der Waals surface area (Å²) >= 11 is 0. The Balaban J connectivity index is 0.00000196. The van der Waals surface area contributed by atoms with Gasteiger partial charge in [-0.15, -0.1) is 24.0 Å². The number of guanidine groups is 1. The van der Waals surface area contributed by atoms with Crippen LogP contribution in [-0.4, -0.2) is 57.8 Å². The molecule has 8 heteroatoms. The number of rotatable bonds is 5. The van der Waals surface area contributed by atoms with Crippen LogP contribution in [0.5, 0.6) is 0 Å². The van der Waals surface area contributed by atoms with E-state index in [2.05, 4.69) is 30.6 Å². The zero-order chi connectivity index (χ0) is 17.1. The van der Waals surface area contributed by atoms with E-state index in [1.54, 1.807) is 10.9 Å². The van der Waals surface area contributed by atoms with Crippen molar-refractivity contribution in [1.82, 2.24) is 30.3 Å². The molecule has 0 aromatic carbocycles. The third kappa shape index (κ3) is 4.73. The number of nitrogens with zero attached hydrogens (tertiary/aromatic N) is 5. The lowest BCUT2D eigenvalue weighted by molar-refractivity contribution is 0.321. The number of halogens is 1. The average molecular weight is 467 g/mol. The molecule has 0 bridgehead atoms. The van der Waals surface area contributed by atoms with Gasteiger partial charge >= 0.3 is 0 Å². The Labute approximate surface area is 171 Å². The van der Waals surface area contributed by atoms with E-state index in [9.17, 15) is 0 Å². The highest BCUT2D eigenvalue weighted by Gasteiger charge is 2.34. The second kappa shape index (κ2) is 8.81. The van der Waals surface area contributed by atoms with Gasteiger partial charge in [-0.2, -0.15) is 5.10 Å². The zero-order valence-electron chi connectivity index (χ0n) is 15.0. The predicted molar refractivity (Wildman–Crippen MR) is 113 cm³/mol. The van der Waals surface area contributed by atoms with Gasteiger partial charge in [0.05, 0.1) is 0 Å². The lowest BCUT2D eigenvalue weighted by Gasteiger charge is -2.18. The summed E-state index contributed by atoms with van der Waals surface area (Å²) in [7, 11) is 1.82. The molecule has 0 spiro atoms. The molecule has 2 aromatic rings. The number of aromatic nitrogens is 3. The molecule has 4 rings (SSSR count). The number of likely N-dealkylation sites (tertiary alicyclic amines) is 1. The van der Waals surface area contributed by atoms with Crippen LogP contribution in [0.25, 0.3) is 5.82 Å². The zero-order valence-corrected chi connectivity index (χ0v) is 17.3. The first-order valence-electron chi connectivity index (χ1n) is 8.98. The smallest absolute Gasteiger partial charge is 0.191 e. The average Bonchev–Trinajstić information content (AvgIpc) is 3.16. The van der Waals surface area contributed by atoms with Crippen LogP contribution in [0, 0.1) is 0 Å². The fraction of sp³-hybridized carbons (Fsp3) is 0.500. The van der Waals surface area contributed by atoms with Crippen molar-refractivity contribution in [2.24, 2.45) is 4.99 Å². The predicted octanol–water partition coefficient (Wildman–Crippen LogP) is 1.79. The standard InChI is InChI=1S/C18H25N7.HI/c1-19-18(23-15-6-10-24(13-15)16-3-4-16)21-12-14-5-8-20-17(11-14)25-9-2-7-22-25;/h2,5,7-9,11,15-16H,3-4,6,10,12-13H2,1H3,(H2,19,21,23);1H. The summed E-state index contributed by atoms with van der Waals surface area (Å²) in [5, 5.41) is 11.2. The van der Waals surface area contributed by atoms with Crippen LogP contribution in [0.15, 0.2) is 41.8 Å². The monoisotopic (exact) mass is 467 g/mol. The molecule has 0 radical (unpaired) electrons. The van der Waals surface area contributed by atoms with Gasteiger partial charge in [0.15, 0.2) is 11.8 Å². The van der Waals surface area contributed by atoms with Crippen molar-refractivity contribution in [3.8, 4) is 5.82 Å². The SMILES string of the molecule is CN=C(NCc1ccnc(-n2cccn2)c1)NC1CCN(C2CC2)C1.I. The molecular weight excluding hydrogens is 441 g/mol. The van der Waals surface area contributed by atoms with E-state index in [1.807, 2.05) is 37.6 Å². The van der Waals surface area contributed by atoms with Crippen LogP contribution >= 0.6 is 24.0 Å². The Kier molecular flexibility index (Phi) is 6.47. The van der Waals surface area contributed by atoms with Gasteiger partial charge in [0, 0.05) is 57.4 Å². The molecule has 1 atom stereocenters. The van der Waals surface area contributed by atoms with Crippen LogP contribution in [0.2, 0.25) is 0 Å². The first-order valence-corrected chi connectivity index (χ1v) is 8.98. The number of hydrogen-bond donors (Lipinski definition) is 2. The van der Waals surface area contributed by atoms with Crippen molar-refractivity contribution in [3.63, 3.8) is 0 Å². The van der Waals surface area contributed by atoms with Gasteiger partial charge in [-0.05, 0) is 43.0 Å². The minimum atomic E-state index is 0. The second-order valence-corrected chi connectivity index (χ2v) is 6.75. The molecular formula is C18H26IN7. The van der Waals surface area contributed by atoms with E-state index >= 15 is 0 Å². The molecule has 140 valence electrons. The largest absolute Gasteiger partial charge is 0.352 e. The van der Waals surface area contributed by atoms with Gasteiger partial charge in [0.2, 0.25) is 0 Å². The van der Waals surface area contributed by atoms with Crippen molar-refractivity contribution < 1.29 is 0 Å². The molecule has 3 heterocycles. The summed E-state index contributed by atoms with van der Waals surface area (Å²) < 4.78 is 1.77. The van der Waals surface area contributed by atoms with Crippen LogP contribution in [0.1, 0.15) is 24.8 Å². The van der Waals surface area contributed by atoms with Crippen molar-refractivity contribution in [2.45, 2.75) is 37.9 Å². The van der Waals surface area contributed by atoms with E-state index in [0.29, 0.717) is 12.6 Å². The van der Waals surface area contributed by atoms with Crippen LogP contribution in [-0.2, 0) is 6.54 Å². The van der Waals surface area contributed by atoms with Crippen LogP contribution < -0.4 is 10.6 Å². The van der Waals surface area contributed by atoms with Crippen molar-refractivity contribution >= 4 is 29.9 Å². The summed E-state index contributed by atoms with van der Waals surface area (Å²) in [5.74, 6) is 1.68. The quantitative estimate of drug-likeness (QED) is 0.399. The van der Waals surface area contributed by atoms with Crippen molar-refractivity contribution in [2.75, 3.05) is 20.1 Å². The lowest BCUT2D eigenvalue weighted by Crippen LogP contribution is -2.44. The highest BCUT2D eigenvalue weighted by atomic mass is 127. The first kappa shape index (κ1) is 19.1. The molecule has 26 heavy (non-hydrogen) atoms. The first-order chi connectivity index (χ1) is 12.3. The molecule has 1 saturated carbocycles. The Hall–Kier alpha value is -1.68. The maximum absolute atomic E-state index is 4.37. The van der Waals surface area contributed by atoms with Crippen LogP contribution in [0.4, 0.5) is 0 Å². The third-order valence-electron chi connectivity index (χ3n) is 4.86. The lowest BCUT2D eigenvalue weighted by atomic mass is 10.2. The number of aliphatic imine (C=N–C) groups is 1. The Morgan fingerprint density at radius 1 is 1.31 bits per heavy atom. The normalized spacial score (nSPS) is 20.7. The van der Waals surface area contributed by atoms with Gasteiger partial charge in [-0.1, -0.05) is 0 Å². The Morgan fingerprint density at radius 3 is 2.92 bits per heavy atom. The van der Waals surface area contributed by atoms with Gasteiger partial charge in [0.25, 0.3) is 0 Å². The Bertz CT molecular complexity index is 727. The summed E-state index contributed by atoms with van der Waals surface area (Å²) in [6.45, 7) is 3.04. The number of pyridine rings is 1. The highest BCUT2D eigenvalue weighted by molar-refractivity contribution is 14.0. The molecule has 2 N–H and O–H groups in total. The van der Waals surface area contributed by atoms with E-state index < -0.39 is 0 Å². The minimum Gasteiger partial charge on any atom is -0.352 e. The van der Waals surface area contributed by atoms with Gasteiger partial charge in [-0.3, -0.25) is 9.89 Å². The summed E-state index contributed by atoms with van der Waals surface area (Å²) in [4.78, 5) is 11.3. The summed E-state index contributed by atoms with van der Waals surface area (Å²) in [5.41, 5.74) is 1.15. The topological polar surface area (TPSA) is 70.4 Å². The van der Waals surface area contributed by atoms with E-state index in [4.69, 9.17) is 0 Å². The van der Waals surface area contributed by atoms with E-state index in [-0.39, 0.29) is 24.0 Å². The number of hydrogen-bond acceptors (Lipinski definition) is 4. The summed E-state index contributed by atoms with van der Waals surface area (Å²) in [6, 6.07) is 7.28. The van der Waals surface area contributed by atoms with Crippen LogP contribution in [0.3, 0.4) is 0 Å². The maximum Gasteiger partial charge on any atom is 0.191 e. The maximum atomic E-state index is 4.37. The number of nitrogens with one attached hydrogen (secondary N) is 2. The molecule has 0 amide bonds. The minimum absolute atomic E-state index is 0. The molecule has 2 aliphatic rings. The molecule has 7 nitrogen and oxygen atoms in total. The molecule has 2 fully saturated rings. The fourth-order valence-electron chi connectivity index (χ4n) is 3.35. The van der Waals surface area contributed by atoms with Crippen molar-refractivity contribution in [3.05, 3.63) is 42.4 Å². The highest BCUT2D eigenvalue weighted by Crippen LogP contribution is 2.29. The molecule has 2 aromatic heterocycles. The summed E-state index contributed by atoms with van der Waals surface area (Å²) in [6.07, 6.45) is 9.40.